The van der Waals surface area contributed by atoms with Crippen LogP contribution in [0.15, 0.2) is 30.3 Å². The van der Waals surface area contributed by atoms with Gasteiger partial charge in [0.15, 0.2) is 0 Å². The molecule has 1 fully saturated rings. The van der Waals surface area contributed by atoms with E-state index in [0.29, 0.717) is 6.41 Å². The van der Waals surface area contributed by atoms with Crippen molar-refractivity contribution in [2.45, 2.75) is 57.3 Å². The first-order valence-electron chi connectivity index (χ1n) is 8.63. The maximum absolute atomic E-state index is 11.1. The summed E-state index contributed by atoms with van der Waals surface area (Å²) in [6.07, 6.45) is 5.14. The number of nitrogens with one attached hydrogen (secondary N) is 1. The molecule has 0 spiro atoms. The summed E-state index contributed by atoms with van der Waals surface area (Å²) in [5, 5.41) is 13.8. The van der Waals surface area contributed by atoms with Crippen LogP contribution in [-0.4, -0.2) is 30.0 Å². The highest BCUT2D eigenvalue weighted by atomic mass is 16.6. The van der Waals surface area contributed by atoms with E-state index in [0.717, 1.165) is 31.2 Å². The number of amides is 1. The maximum Gasteiger partial charge on any atom is 0.230 e. The molecular weight excluding hydrogens is 308 g/mol. The van der Waals surface area contributed by atoms with Gasteiger partial charge >= 0.3 is 0 Å². The van der Waals surface area contributed by atoms with Gasteiger partial charge in [-0.3, -0.25) is 14.9 Å². The van der Waals surface area contributed by atoms with E-state index in [9.17, 15) is 14.9 Å². The number of hydrogen-bond donors (Lipinski definition) is 1. The number of carbonyl (C=O) groups is 1. The molecule has 1 aromatic rings. The van der Waals surface area contributed by atoms with Crippen molar-refractivity contribution in [2.24, 2.45) is 5.92 Å². The molecule has 2 rings (SSSR count). The number of nitro groups is 1. The second-order valence-corrected chi connectivity index (χ2v) is 6.49. The van der Waals surface area contributed by atoms with E-state index in [1.807, 2.05) is 37.3 Å². The van der Waals surface area contributed by atoms with Crippen LogP contribution in [-0.2, 0) is 9.53 Å². The Bertz CT molecular complexity index is 517. The van der Waals surface area contributed by atoms with Gasteiger partial charge in [0.05, 0.1) is 6.04 Å². The number of rotatable bonds is 9. The molecule has 0 unspecified atom stereocenters. The minimum atomic E-state index is -0.429. The molecule has 0 bridgehead atoms. The minimum Gasteiger partial charge on any atom is -0.361 e. The lowest BCUT2D eigenvalue weighted by Crippen LogP contribution is -2.39. The summed E-state index contributed by atoms with van der Waals surface area (Å²) in [6.45, 7) is 1.66. The summed E-state index contributed by atoms with van der Waals surface area (Å²) in [5.41, 5.74) is 0.920. The number of carbonyl (C=O) groups excluding carboxylic acids is 1. The molecule has 0 aromatic heterocycles. The van der Waals surface area contributed by atoms with E-state index in [1.54, 1.807) is 0 Å². The van der Waals surface area contributed by atoms with Crippen molar-refractivity contribution < 1.29 is 14.5 Å². The maximum atomic E-state index is 11.1. The van der Waals surface area contributed by atoms with E-state index in [2.05, 4.69) is 5.32 Å². The Morgan fingerprint density at radius 1 is 1.29 bits per heavy atom. The highest BCUT2D eigenvalue weighted by Gasteiger charge is 2.33. The molecule has 1 aromatic carbocycles. The third-order valence-electron chi connectivity index (χ3n) is 4.74. The lowest BCUT2D eigenvalue weighted by Gasteiger charge is -2.33. The van der Waals surface area contributed by atoms with E-state index in [-0.39, 0.29) is 23.4 Å². The van der Waals surface area contributed by atoms with E-state index >= 15 is 0 Å². The van der Waals surface area contributed by atoms with E-state index in [1.165, 1.54) is 6.42 Å². The van der Waals surface area contributed by atoms with Crippen molar-refractivity contribution in [1.82, 2.24) is 5.32 Å². The predicted molar refractivity (Wildman–Crippen MR) is 91.2 cm³/mol. The van der Waals surface area contributed by atoms with Crippen LogP contribution in [0.5, 0.6) is 0 Å². The molecule has 132 valence electrons. The first-order chi connectivity index (χ1) is 11.6. The fourth-order valence-corrected chi connectivity index (χ4v) is 3.47. The van der Waals surface area contributed by atoms with Crippen molar-refractivity contribution in [2.75, 3.05) is 6.54 Å². The Morgan fingerprint density at radius 2 is 1.96 bits per heavy atom. The Kier molecular flexibility index (Phi) is 7.18. The average molecular weight is 334 g/mol. The van der Waals surface area contributed by atoms with E-state index < -0.39 is 12.2 Å². The van der Waals surface area contributed by atoms with Crippen molar-refractivity contribution in [3.8, 4) is 0 Å². The molecule has 6 heteroatoms. The minimum absolute atomic E-state index is 0.193. The average Bonchev–Trinajstić information content (AvgIpc) is 2.60. The molecule has 0 saturated heterocycles. The second-order valence-electron chi connectivity index (χ2n) is 6.49. The van der Waals surface area contributed by atoms with Crippen molar-refractivity contribution in [3.05, 3.63) is 46.0 Å². The van der Waals surface area contributed by atoms with E-state index in [4.69, 9.17) is 4.74 Å². The van der Waals surface area contributed by atoms with Crippen molar-refractivity contribution in [1.29, 1.82) is 0 Å². The van der Waals surface area contributed by atoms with Crippen LogP contribution in [0, 0.1) is 16.0 Å². The highest BCUT2D eigenvalue weighted by Crippen LogP contribution is 2.32. The standard InChI is InChI=1S/C18H26N2O4/c1-14(19-13-21)18(16-10-6-3-7-11-16)24-17(12-20(22)23)15-8-4-2-5-9-15/h3,6-7,10-11,13-15,17-18H,2,4-5,8-9,12H2,1H3,(H,19,21)/t14-,17-,18+/m0/s1. The summed E-state index contributed by atoms with van der Waals surface area (Å²) >= 11 is 0. The third-order valence-corrected chi connectivity index (χ3v) is 4.74. The summed E-state index contributed by atoms with van der Waals surface area (Å²) < 4.78 is 6.24. The molecule has 0 heterocycles. The van der Waals surface area contributed by atoms with Crippen LogP contribution in [0.3, 0.4) is 0 Å². The first-order valence-corrected chi connectivity index (χ1v) is 8.63. The number of benzene rings is 1. The Morgan fingerprint density at radius 3 is 2.54 bits per heavy atom. The number of ether oxygens (including phenoxy) is 1. The topological polar surface area (TPSA) is 81.5 Å². The zero-order chi connectivity index (χ0) is 17.4. The molecule has 1 aliphatic carbocycles. The molecule has 6 nitrogen and oxygen atoms in total. The fourth-order valence-electron chi connectivity index (χ4n) is 3.47. The second kappa shape index (κ2) is 9.37. The van der Waals surface area contributed by atoms with Gasteiger partial charge < -0.3 is 10.1 Å². The molecular formula is C18H26N2O4. The van der Waals surface area contributed by atoms with Crippen LogP contribution in [0.2, 0.25) is 0 Å². The smallest absolute Gasteiger partial charge is 0.230 e. The number of hydrogen-bond acceptors (Lipinski definition) is 4. The summed E-state index contributed by atoms with van der Waals surface area (Å²) in [7, 11) is 0. The molecule has 1 aliphatic rings. The van der Waals surface area contributed by atoms with Gasteiger partial charge in [-0.2, -0.15) is 0 Å². The largest absolute Gasteiger partial charge is 0.361 e. The molecule has 0 radical (unpaired) electrons. The highest BCUT2D eigenvalue weighted by molar-refractivity contribution is 5.47. The van der Waals surface area contributed by atoms with Gasteiger partial charge in [-0.1, -0.05) is 49.6 Å². The van der Waals surface area contributed by atoms with Gasteiger partial charge in [-0.25, -0.2) is 0 Å². The van der Waals surface area contributed by atoms with Gasteiger partial charge in [0, 0.05) is 4.92 Å². The number of nitrogens with zero attached hydrogens (tertiary/aromatic N) is 1. The monoisotopic (exact) mass is 334 g/mol. The van der Waals surface area contributed by atoms with Gasteiger partial charge in [0.2, 0.25) is 13.0 Å². The predicted octanol–water partition coefficient (Wildman–Crippen LogP) is 3.10. The normalized spacial score (nSPS) is 19.2. The summed E-state index contributed by atoms with van der Waals surface area (Å²) in [4.78, 5) is 21.7. The zero-order valence-electron chi connectivity index (χ0n) is 14.1. The molecule has 1 saturated carbocycles. The van der Waals surface area contributed by atoms with Crippen LogP contribution >= 0.6 is 0 Å². The van der Waals surface area contributed by atoms with Crippen LogP contribution < -0.4 is 5.32 Å². The van der Waals surface area contributed by atoms with Gasteiger partial charge in [0.1, 0.15) is 12.2 Å². The quantitative estimate of drug-likeness (QED) is 0.427. The van der Waals surface area contributed by atoms with Gasteiger partial charge in [-0.05, 0) is 31.2 Å². The lowest BCUT2D eigenvalue weighted by atomic mass is 9.85. The van der Waals surface area contributed by atoms with Crippen molar-refractivity contribution >= 4 is 6.41 Å². The molecule has 1 amide bonds. The Hall–Kier alpha value is -1.95. The van der Waals surface area contributed by atoms with Gasteiger partial charge in [0.25, 0.3) is 0 Å². The fraction of sp³-hybridized carbons (Fsp3) is 0.611. The zero-order valence-corrected chi connectivity index (χ0v) is 14.1. The molecule has 0 aliphatic heterocycles. The SMILES string of the molecule is C[C@H](NC=O)[C@@H](O[C@@H](C[N+](=O)[O-])C1CCCCC1)c1ccccc1. The van der Waals surface area contributed by atoms with Crippen LogP contribution in [0.25, 0.3) is 0 Å². The molecule has 3 atom stereocenters. The summed E-state index contributed by atoms with van der Waals surface area (Å²) in [5.74, 6) is 0.207. The first kappa shape index (κ1) is 18.4. The van der Waals surface area contributed by atoms with Crippen LogP contribution in [0.4, 0.5) is 0 Å². The van der Waals surface area contributed by atoms with Crippen molar-refractivity contribution in [3.63, 3.8) is 0 Å². The van der Waals surface area contributed by atoms with Gasteiger partial charge in [-0.15, -0.1) is 0 Å². The summed E-state index contributed by atoms with van der Waals surface area (Å²) in [6, 6.07) is 9.32. The lowest BCUT2D eigenvalue weighted by molar-refractivity contribution is -0.495. The Labute approximate surface area is 142 Å². The molecule has 1 N–H and O–H groups in total. The third kappa shape index (κ3) is 5.30. The van der Waals surface area contributed by atoms with Crippen LogP contribution in [0.1, 0.15) is 50.7 Å². The Balaban J connectivity index is 2.18. The molecule has 24 heavy (non-hydrogen) atoms.